The predicted molar refractivity (Wildman–Crippen MR) is 86.8 cm³/mol. The fourth-order valence-corrected chi connectivity index (χ4v) is 2.65. The van der Waals surface area contributed by atoms with Crippen molar-refractivity contribution in [3.63, 3.8) is 0 Å². The number of imidazole rings is 1. The van der Waals surface area contributed by atoms with Crippen LogP contribution in [0.3, 0.4) is 0 Å². The smallest absolute Gasteiger partial charge is 0.249 e. The second-order valence-electron chi connectivity index (χ2n) is 5.63. The number of hydrogen-bond acceptors (Lipinski definition) is 4. The second-order valence-corrected chi connectivity index (χ2v) is 5.63. The van der Waals surface area contributed by atoms with Crippen molar-refractivity contribution in [1.29, 1.82) is 0 Å². The van der Waals surface area contributed by atoms with Gasteiger partial charge in [-0.25, -0.2) is 4.98 Å². The second kappa shape index (κ2) is 7.74. The van der Waals surface area contributed by atoms with Gasteiger partial charge in [0.1, 0.15) is 12.6 Å². The number of carbonyl (C=O) groups is 2. The summed E-state index contributed by atoms with van der Waals surface area (Å²) in [6, 6.07) is 9.04. The van der Waals surface area contributed by atoms with Gasteiger partial charge in [0, 0.05) is 32.0 Å². The Balaban J connectivity index is 1.60. The molecule has 0 bridgehead atoms. The molecule has 2 heterocycles. The summed E-state index contributed by atoms with van der Waals surface area (Å²) in [5.41, 5.74) is 0.990. The number of hydrogen-bond donors (Lipinski definition) is 1. The lowest BCUT2D eigenvalue weighted by atomic mass is 10.1. The van der Waals surface area contributed by atoms with Crippen molar-refractivity contribution in [1.82, 2.24) is 19.8 Å². The van der Waals surface area contributed by atoms with Crippen LogP contribution < -0.4 is 5.32 Å². The monoisotopic (exact) mass is 328 g/mol. The maximum absolute atomic E-state index is 12.5. The van der Waals surface area contributed by atoms with E-state index in [2.05, 4.69) is 10.3 Å². The first kappa shape index (κ1) is 16.2. The zero-order chi connectivity index (χ0) is 16.8. The Morgan fingerprint density at radius 1 is 1.33 bits per heavy atom. The standard InChI is InChI=1S/C17H20N4O3/c22-16-12-24-11-15(21(16)10-14-4-2-1-3-5-14)17(23)19-7-9-20-8-6-18-13-20/h1-6,8,13,15H,7,9-12H2,(H,19,23)/t15-/m1/s1. The molecule has 0 unspecified atom stereocenters. The number of morpholine rings is 1. The fraction of sp³-hybridized carbons (Fsp3) is 0.353. The summed E-state index contributed by atoms with van der Waals surface area (Å²) in [4.78, 5) is 30.2. The molecule has 1 aromatic carbocycles. The lowest BCUT2D eigenvalue weighted by molar-refractivity contribution is -0.155. The van der Waals surface area contributed by atoms with Gasteiger partial charge in [-0.1, -0.05) is 30.3 Å². The molecule has 1 aliphatic heterocycles. The lowest BCUT2D eigenvalue weighted by Gasteiger charge is -2.34. The third kappa shape index (κ3) is 3.99. The van der Waals surface area contributed by atoms with Gasteiger partial charge >= 0.3 is 0 Å². The molecule has 1 aliphatic rings. The van der Waals surface area contributed by atoms with Crippen LogP contribution in [0.25, 0.3) is 0 Å². The highest BCUT2D eigenvalue weighted by Crippen LogP contribution is 2.13. The van der Waals surface area contributed by atoms with Gasteiger partial charge in [-0.3, -0.25) is 9.59 Å². The highest BCUT2D eigenvalue weighted by molar-refractivity contribution is 5.89. The zero-order valence-corrected chi connectivity index (χ0v) is 13.3. The molecule has 0 saturated carbocycles. The van der Waals surface area contributed by atoms with Gasteiger partial charge in [0.15, 0.2) is 0 Å². The zero-order valence-electron chi connectivity index (χ0n) is 13.3. The maximum Gasteiger partial charge on any atom is 0.249 e. The van der Waals surface area contributed by atoms with E-state index in [1.165, 1.54) is 0 Å². The Hall–Kier alpha value is -2.67. The van der Waals surface area contributed by atoms with Gasteiger partial charge < -0.3 is 19.5 Å². The number of aromatic nitrogens is 2. The summed E-state index contributed by atoms with van der Waals surface area (Å²) < 4.78 is 7.15. The first-order valence-corrected chi connectivity index (χ1v) is 7.88. The summed E-state index contributed by atoms with van der Waals surface area (Å²) in [6.07, 6.45) is 5.22. The van der Waals surface area contributed by atoms with Gasteiger partial charge in [0.05, 0.1) is 12.9 Å². The first-order valence-electron chi connectivity index (χ1n) is 7.88. The van der Waals surface area contributed by atoms with E-state index in [9.17, 15) is 9.59 Å². The molecule has 2 amide bonds. The van der Waals surface area contributed by atoms with E-state index in [-0.39, 0.29) is 25.0 Å². The minimum absolute atomic E-state index is 0.0195. The molecule has 126 valence electrons. The minimum Gasteiger partial charge on any atom is -0.369 e. The largest absolute Gasteiger partial charge is 0.369 e. The molecule has 7 heteroatoms. The van der Waals surface area contributed by atoms with Gasteiger partial charge in [0.25, 0.3) is 0 Å². The first-order chi connectivity index (χ1) is 11.7. The van der Waals surface area contributed by atoms with Crippen LogP contribution in [0, 0.1) is 0 Å². The highest BCUT2D eigenvalue weighted by atomic mass is 16.5. The van der Waals surface area contributed by atoms with Crippen molar-refractivity contribution in [3.05, 3.63) is 54.6 Å². The SMILES string of the molecule is O=C(NCCn1ccnc1)[C@H]1COCC(=O)N1Cc1ccccc1. The number of amides is 2. The van der Waals surface area contributed by atoms with Crippen molar-refractivity contribution in [2.24, 2.45) is 0 Å². The number of carbonyl (C=O) groups excluding carboxylic acids is 2. The quantitative estimate of drug-likeness (QED) is 0.834. The summed E-state index contributed by atoms with van der Waals surface area (Å²) >= 11 is 0. The molecule has 24 heavy (non-hydrogen) atoms. The number of ether oxygens (including phenoxy) is 1. The molecule has 2 aromatic rings. The van der Waals surface area contributed by atoms with Crippen LogP contribution in [0.2, 0.25) is 0 Å². The normalized spacial score (nSPS) is 17.8. The van der Waals surface area contributed by atoms with Crippen LogP contribution >= 0.6 is 0 Å². The average molecular weight is 328 g/mol. The summed E-state index contributed by atoms with van der Waals surface area (Å²) in [5.74, 6) is -0.362. The predicted octanol–water partition coefficient (Wildman–Crippen LogP) is 0.427. The molecule has 7 nitrogen and oxygen atoms in total. The van der Waals surface area contributed by atoms with Gasteiger partial charge in [-0.05, 0) is 5.56 Å². The van der Waals surface area contributed by atoms with E-state index < -0.39 is 6.04 Å². The molecule has 1 atom stereocenters. The number of rotatable bonds is 6. The Labute approximate surface area is 140 Å². The molecule has 3 rings (SSSR count). The minimum atomic E-state index is -0.603. The van der Waals surface area contributed by atoms with E-state index in [0.29, 0.717) is 19.6 Å². The van der Waals surface area contributed by atoms with E-state index in [4.69, 9.17) is 4.74 Å². The van der Waals surface area contributed by atoms with Crippen molar-refractivity contribution in [3.8, 4) is 0 Å². The van der Waals surface area contributed by atoms with Gasteiger partial charge in [-0.15, -0.1) is 0 Å². The van der Waals surface area contributed by atoms with Crippen molar-refractivity contribution >= 4 is 11.8 Å². The third-order valence-electron chi connectivity index (χ3n) is 3.92. The topological polar surface area (TPSA) is 76.5 Å². The van der Waals surface area contributed by atoms with Crippen LogP contribution in [0.1, 0.15) is 5.56 Å². The average Bonchev–Trinajstić information content (AvgIpc) is 3.11. The fourth-order valence-electron chi connectivity index (χ4n) is 2.65. The lowest BCUT2D eigenvalue weighted by Crippen LogP contribution is -2.56. The number of nitrogens with zero attached hydrogens (tertiary/aromatic N) is 3. The van der Waals surface area contributed by atoms with E-state index in [1.54, 1.807) is 17.4 Å². The van der Waals surface area contributed by atoms with Crippen molar-refractivity contribution < 1.29 is 14.3 Å². The van der Waals surface area contributed by atoms with Crippen LogP contribution in [-0.4, -0.2) is 52.1 Å². The molecule has 1 saturated heterocycles. The molecule has 0 radical (unpaired) electrons. The highest BCUT2D eigenvalue weighted by Gasteiger charge is 2.33. The van der Waals surface area contributed by atoms with E-state index >= 15 is 0 Å². The Morgan fingerprint density at radius 2 is 2.17 bits per heavy atom. The molecule has 1 fully saturated rings. The van der Waals surface area contributed by atoms with Crippen molar-refractivity contribution in [2.75, 3.05) is 19.8 Å². The summed E-state index contributed by atoms with van der Waals surface area (Å²) in [5, 5.41) is 2.87. The summed E-state index contributed by atoms with van der Waals surface area (Å²) in [7, 11) is 0. The van der Waals surface area contributed by atoms with Crippen molar-refractivity contribution in [2.45, 2.75) is 19.1 Å². The summed E-state index contributed by atoms with van der Waals surface area (Å²) in [6.45, 7) is 1.74. The Morgan fingerprint density at radius 3 is 2.92 bits per heavy atom. The van der Waals surface area contributed by atoms with Crippen LogP contribution in [-0.2, 0) is 27.4 Å². The van der Waals surface area contributed by atoms with Crippen LogP contribution in [0.5, 0.6) is 0 Å². The van der Waals surface area contributed by atoms with Gasteiger partial charge in [-0.2, -0.15) is 0 Å². The molecular formula is C17H20N4O3. The number of benzene rings is 1. The molecule has 0 aliphatic carbocycles. The molecule has 1 N–H and O–H groups in total. The van der Waals surface area contributed by atoms with Crippen LogP contribution in [0.4, 0.5) is 0 Å². The van der Waals surface area contributed by atoms with E-state index in [0.717, 1.165) is 5.56 Å². The van der Waals surface area contributed by atoms with Gasteiger partial charge in [0.2, 0.25) is 11.8 Å². The Bertz CT molecular complexity index is 672. The Kier molecular flexibility index (Phi) is 5.22. The number of nitrogens with one attached hydrogen (secondary N) is 1. The van der Waals surface area contributed by atoms with E-state index in [1.807, 2.05) is 41.1 Å². The molecule has 1 aromatic heterocycles. The third-order valence-corrected chi connectivity index (χ3v) is 3.92. The molecular weight excluding hydrogens is 308 g/mol. The maximum atomic E-state index is 12.5. The van der Waals surface area contributed by atoms with Crippen LogP contribution in [0.15, 0.2) is 49.1 Å². The molecule has 0 spiro atoms.